The lowest BCUT2D eigenvalue weighted by Gasteiger charge is -2.13. The highest BCUT2D eigenvalue weighted by Gasteiger charge is 2.09. The van der Waals surface area contributed by atoms with Gasteiger partial charge < -0.3 is 0 Å². The van der Waals surface area contributed by atoms with Crippen LogP contribution in [0.5, 0.6) is 0 Å². The van der Waals surface area contributed by atoms with E-state index >= 15 is 0 Å². The first-order chi connectivity index (χ1) is 7.00. The zero-order valence-corrected chi connectivity index (χ0v) is 7.27. The monoisotopic (exact) mass is 214 g/mol. The first-order valence-corrected chi connectivity index (χ1v) is 3.62. The standard InChI is InChI=1S/C6H6N4O5/c7-8(15-10(13)14)5-1-3-6(4-2-5)9(11)12/h1-4H,7H2. The predicted octanol–water partition coefficient (Wildman–Crippen LogP) is 0.398. The highest BCUT2D eigenvalue weighted by Crippen LogP contribution is 2.17. The summed E-state index contributed by atoms with van der Waals surface area (Å²) in [5.41, 5.74) is -0.0226. The second kappa shape index (κ2) is 4.19. The number of nitro groups is 1. The van der Waals surface area contributed by atoms with E-state index in [1.54, 1.807) is 0 Å². The lowest BCUT2D eigenvalue weighted by atomic mass is 10.3. The van der Waals surface area contributed by atoms with E-state index in [4.69, 9.17) is 5.84 Å². The van der Waals surface area contributed by atoms with Crippen LogP contribution in [0.3, 0.4) is 0 Å². The van der Waals surface area contributed by atoms with Gasteiger partial charge in [0.15, 0.2) is 0 Å². The van der Waals surface area contributed by atoms with E-state index < -0.39 is 10.0 Å². The Hall–Kier alpha value is -2.42. The molecule has 0 atom stereocenters. The fourth-order valence-corrected chi connectivity index (χ4v) is 0.840. The summed E-state index contributed by atoms with van der Waals surface area (Å²) in [5, 5.41) is 19.5. The van der Waals surface area contributed by atoms with Gasteiger partial charge in [-0.3, -0.25) is 10.1 Å². The molecule has 0 aromatic heterocycles. The molecule has 9 nitrogen and oxygen atoms in total. The van der Waals surface area contributed by atoms with Gasteiger partial charge in [-0.15, -0.1) is 15.3 Å². The predicted molar refractivity (Wildman–Crippen MR) is 47.8 cm³/mol. The van der Waals surface area contributed by atoms with Gasteiger partial charge in [0.25, 0.3) is 5.69 Å². The largest absolute Gasteiger partial charge is 0.318 e. The lowest BCUT2D eigenvalue weighted by molar-refractivity contribution is -0.762. The Labute approximate surface area is 82.8 Å². The highest BCUT2D eigenvalue weighted by molar-refractivity contribution is 5.47. The van der Waals surface area contributed by atoms with Crippen LogP contribution in [0.1, 0.15) is 0 Å². The van der Waals surface area contributed by atoms with Gasteiger partial charge in [0.1, 0.15) is 0 Å². The van der Waals surface area contributed by atoms with Crippen LogP contribution in [0.4, 0.5) is 11.4 Å². The van der Waals surface area contributed by atoms with Gasteiger partial charge in [-0.1, -0.05) is 0 Å². The molecule has 0 saturated carbocycles. The van der Waals surface area contributed by atoms with Crippen molar-refractivity contribution in [3.05, 3.63) is 44.5 Å². The number of nitrogens with zero attached hydrogens (tertiary/aromatic N) is 3. The summed E-state index contributed by atoms with van der Waals surface area (Å²) in [7, 11) is 0. The molecule has 0 heterocycles. The maximum atomic E-state index is 10.3. The third-order valence-electron chi connectivity index (χ3n) is 1.47. The van der Waals surface area contributed by atoms with E-state index in [9.17, 15) is 20.2 Å². The summed E-state index contributed by atoms with van der Waals surface area (Å²) in [6.07, 6.45) is 0. The average Bonchev–Trinajstić information content (AvgIpc) is 2.17. The van der Waals surface area contributed by atoms with E-state index in [1.165, 1.54) is 12.1 Å². The lowest BCUT2D eigenvalue weighted by Crippen LogP contribution is -2.33. The zero-order chi connectivity index (χ0) is 11.4. The van der Waals surface area contributed by atoms with Crippen LogP contribution in [0.25, 0.3) is 0 Å². The fraction of sp³-hybridized carbons (Fsp3) is 0. The Morgan fingerprint density at radius 1 is 1.20 bits per heavy atom. The summed E-state index contributed by atoms with van der Waals surface area (Å²) in [6, 6.07) is 4.75. The molecule has 0 aliphatic heterocycles. The molecule has 9 heteroatoms. The minimum atomic E-state index is -1.10. The number of hydrogen-bond donors (Lipinski definition) is 1. The zero-order valence-electron chi connectivity index (χ0n) is 7.27. The third kappa shape index (κ3) is 2.77. The number of hydrogen-bond acceptors (Lipinski definition) is 7. The van der Waals surface area contributed by atoms with Gasteiger partial charge in [-0.05, 0) is 12.1 Å². The average molecular weight is 214 g/mol. The van der Waals surface area contributed by atoms with Crippen LogP contribution < -0.4 is 11.0 Å². The summed E-state index contributed by atoms with van der Waals surface area (Å²) in [6.45, 7) is 0. The Kier molecular flexibility index (Phi) is 2.98. The summed E-state index contributed by atoms with van der Waals surface area (Å²) >= 11 is 0. The van der Waals surface area contributed by atoms with E-state index in [-0.39, 0.29) is 11.4 Å². The molecule has 0 aliphatic carbocycles. The molecule has 0 aliphatic rings. The maximum Gasteiger partial charge on any atom is 0.318 e. The van der Waals surface area contributed by atoms with Crippen molar-refractivity contribution in [3.8, 4) is 0 Å². The molecule has 0 radical (unpaired) electrons. The minimum absolute atomic E-state index is 0.123. The van der Waals surface area contributed by atoms with Gasteiger partial charge in [-0.2, -0.15) is 4.94 Å². The van der Waals surface area contributed by atoms with Gasteiger partial charge in [0.2, 0.25) is 0 Å². The van der Waals surface area contributed by atoms with Crippen molar-refractivity contribution < 1.29 is 14.9 Å². The van der Waals surface area contributed by atoms with Crippen molar-refractivity contribution in [2.75, 3.05) is 5.17 Å². The molecular formula is C6H6N4O5. The van der Waals surface area contributed by atoms with Crippen molar-refractivity contribution in [1.82, 2.24) is 0 Å². The number of rotatable bonds is 4. The van der Waals surface area contributed by atoms with Crippen LogP contribution in [-0.2, 0) is 4.94 Å². The first-order valence-electron chi connectivity index (χ1n) is 3.62. The van der Waals surface area contributed by atoms with Crippen molar-refractivity contribution in [2.45, 2.75) is 0 Å². The van der Waals surface area contributed by atoms with Crippen LogP contribution in [0.15, 0.2) is 24.3 Å². The molecule has 0 unspecified atom stereocenters. The Balaban J connectivity index is 2.79. The van der Waals surface area contributed by atoms with Gasteiger partial charge in [0, 0.05) is 12.1 Å². The van der Waals surface area contributed by atoms with Gasteiger partial charge in [-0.25, -0.2) is 5.84 Å². The van der Waals surface area contributed by atoms with Crippen molar-refractivity contribution >= 4 is 11.4 Å². The Bertz CT molecular complexity index is 378. The fourth-order valence-electron chi connectivity index (χ4n) is 0.840. The van der Waals surface area contributed by atoms with E-state index in [1.807, 2.05) is 0 Å². The quantitative estimate of drug-likeness (QED) is 0.436. The van der Waals surface area contributed by atoms with Gasteiger partial charge >= 0.3 is 5.09 Å². The number of benzene rings is 1. The molecule has 0 amide bonds. The molecule has 1 aromatic carbocycles. The van der Waals surface area contributed by atoms with E-state index in [2.05, 4.69) is 4.94 Å². The minimum Gasteiger partial charge on any atom is -0.258 e. The van der Waals surface area contributed by atoms with Crippen LogP contribution in [0, 0.1) is 20.2 Å². The van der Waals surface area contributed by atoms with Crippen LogP contribution >= 0.6 is 0 Å². The van der Waals surface area contributed by atoms with Gasteiger partial charge in [0.05, 0.1) is 10.6 Å². The van der Waals surface area contributed by atoms with Crippen molar-refractivity contribution in [2.24, 2.45) is 5.84 Å². The number of non-ortho nitro benzene ring substituents is 1. The normalized spacial score (nSPS) is 9.40. The molecule has 80 valence electrons. The second-order valence-electron chi connectivity index (χ2n) is 2.40. The SMILES string of the molecule is NN(O[N+](=O)[O-])c1ccc([N+](=O)[O-])cc1. The van der Waals surface area contributed by atoms with Crippen LogP contribution in [-0.4, -0.2) is 10.0 Å². The number of nitrogens with two attached hydrogens (primary N) is 1. The first kappa shape index (κ1) is 10.7. The number of hydrazine groups is 1. The van der Waals surface area contributed by atoms with Crippen molar-refractivity contribution in [1.29, 1.82) is 0 Å². The highest BCUT2D eigenvalue weighted by atomic mass is 17.0. The molecular weight excluding hydrogens is 208 g/mol. The summed E-state index contributed by atoms with van der Waals surface area (Å²) in [4.78, 5) is 23.5. The molecule has 0 bridgehead atoms. The van der Waals surface area contributed by atoms with E-state index in [0.29, 0.717) is 5.17 Å². The third-order valence-corrected chi connectivity index (χ3v) is 1.47. The second-order valence-corrected chi connectivity index (χ2v) is 2.40. The topological polar surface area (TPSA) is 125 Å². The number of anilines is 1. The summed E-state index contributed by atoms with van der Waals surface area (Å²) < 4.78 is 0. The number of nitro benzene ring substituents is 1. The molecule has 1 rings (SSSR count). The Morgan fingerprint density at radius 3 is 2.13 bits per heavy atom. The van der Waals surface area contributed by atoms with Crippen molar-refractivity contribution in [3.63, 3.8) is 0 Å². The molecule has 0 fully saturated rings. The molecule has 0 saturated heterocycles. The maximum absolute atomic E-state index is 10.3. The molecule has 2 N–H and O–H groups in total. The molecule has 0 spiro atoms. The molecule has 1 aromatic rings. The molecule has 15 heavy (non-hydrogen) atoms. The van der Waals surface area contributed by atoms with E-state index in [0.717, 1.165) is 12.1 Å². The smallest absolute Gasteiger partial charge is 0.258 e. The Morgan fingerprint density at radius 2 is 1.73 bits per heavy atom. The van der Waals surface area contributed by atoms with Crippen LogP contribution in [0.2, 0.25) is 0 Å². The summed E-state index contributed by atoms with van der Waals surface area (Å²) in [5.74, 6) is 5.12.